The molecule has 1 aromatic heterocycles. The third-order valence-electron chi connectivity index (χ3n) is 1.73. The summed E-state index contributed by atoms with van der Waals surface area (Å²) in [4.78, 5) is 24.3. The van der Waals surface area contributed by atoms with Gasteiger partial charge in [-0.05, 0) is 13.0 Å². The van der Waals surface area contributed by atoms with Crippen LogP contribution in [0.3, 0.4) is 0 Å². The number of ketones is 1. The van der Waals surface area contributed by atoms with Gasteiger partial charge in [-0.15, -0.1) is 0 Å². The van der Waals surface area contributed by atoms with Gasteiger partial charge in [0, 0.05) is 6.20 Å². The number of alkyl halides is 3. The summed E-state index contributed by atoms with van der Waals surface area (Å²) in [6.07, 6.45) is -3.94. The number of nitrogens with one attached hydrogen (secondary N) is 1. The van der Waals surface area contributed by atoms with Gasteiger partial charge in [0.05, 0.1) is 12.2 Å². The lowest BCUT2D eigenvalue weighted by Gasteiger charge is -2.05. The normalized spacial score (nSPS) is 11.2. The van der Waals surface area contributed by atoms with E-state index < -0.39 is 29.2 Å². The monoisotopic (exact) mass is 235 g/mol. The fourth-order valence-electron chi connectivity index (χ4n) is 1.08. The van der Waals surface area contributed by atoms with E-state index >= 15 is 0 Å². The maximum atomic E-state index is 12.1. The average molecular weight is 235 g/mol. The van der Waals surface area contributed by atoms with Gasteiger partial charge < -0.3 is 9.72 Å². The van der Waals surface area contributed by atoms with Gasteiger partial charge in [-0.1, -0.05) is 0 Å². The van der Waals surface area contributed by atoms with Crippen molar-refractivity contribution in [2.24, 2.45) is 0 Å². The molecule has 0 unspecified atom stereocenters. The van der Waals surface area contributed by atoms with E-state index in [0.29, 0.717) is 0 Å². The van der Waals surface area contributed by atoms with Crippen molar-refractivity contribution in [1.82, 2.24) is 4.98 Å². The SMILES string of the molecule is CCOC(=O)c1[nH]ccc1C(=O)C(F)(F)F. The highest BCUT2D eigenvalue weighted by Gasteiger charge is 2.41. The molecular weight excluding hydrogens is 227 g/mol. The quantitative estimate of drug-likeness (QED) is 0.643. The van der Waals surface area contributed by atoms with E-state index in [2.05, 4.69) is 9.72 Å². The summed E-state index contributed by atoms with van der Waals surface area (Å²) in [7, 11) is 0. The van der Waals surface area contributed by atoms with Crippen molar-refractivity contribution < 1.29 is 27.5 Å². The standard InChI is InChI=1S/C9H8F3NO3/c1-2-16-8(15)6-5(3-4-13-6)7(14)9(10,11)12/h3-4,13H,2H2,1H3. The molecular formula is C9H8F3NO3. The Morgan fingerprint density at radius 2 is 2.06 bits per heavy atom. The number of aromatic nitrogens is 1. The first-order valence-electron chi connectivity index (χ1n) is 4.34. The summed E-state index contributed by atoms with van der Waals surface area (Å²) in [5, 5.41) is 0. The third-order valence-corrected chi connectivity index (χ3v) is 1.73. The van der Waals surface area contributed by atoms with E-state index in [0.717, 1.165) is 12.3 Å². The lowest BCUT2D eigenvalue weighted by molar-refractivity contribution is -0.0885. The maximum Gasteiger partial charge on any atom is 0.454 e. The van der Waals surface area contributed by atoms with Crippen molar-refractivity contribution in [3.05, 3.63) is 23.5 Å². The molecule has 16 heavy (non-hydrogen) atoms. The Bertz CT molecular complexity index is 408. The van der Waals surface area contributed by atoms with Crippen molar-refractivity contribution in [1.29, 1.82) is 0 Å². The number of halogens is 3. The van der Waals surface area contributed by atoms with Crippen LogP contribution < -0.4 is 0 Å². The maximum absolute atomic E-state index is 12.1. The molecule has 0 fully saturated rings. The first-order valence-corrected chi connectivity index (χ1v) is 4.34. The molecule has 0 amide bonds. The van der Waals surface area contributed by atoms with E-state index in [4.69, 9.17) is 0 Å². The Balaban J connectivity index is 3.04. The van der Waals surface area contributed by atoms with Gasteiger partial charge in [0.1, 0.15) is 5.69 Å². The second-order valence-corrected chi connectivity index (χ2v) is 2.81. The molecule has 0 aliphatic rings. The van der Waals surface area contributed by atoms with Crippen LogP contribution >= 0.6 is 0 Å². The van der Waals surface area contributed by atoms with Crippen LogP contribution in [0.25, 0.3) is 0 Å². The molecule has 0 aromatic carbocycles. The first kappa shape index (κ1) is 12.3. The average Bonchev–Trinajstić information content (AvgIpc) is 2.63. The van der Waals surface area contributed by atoms with Gasteiger partial charge in [0.2, 0.25) is 0 Å². The zero-order valence-corrected chi connectivity index (χ0v) is 8.22. The highest BCUT2D eigenvalue weighted by Crippen LogP contribution is 2.23. The fraction of sp³-hybridized carbons (Fsp3) is 0.333. The number of rotatable bonds is 3. The van der Waals surface area contributed by atoms with Gasteiger partial charge in [0.25, 0.3) is 5.78 Å². The molecule has 0 saturated carbocycles. The molecule has 0 bridgehead atoms. The number of carbonyl (C=O) groups is 2. The van der Waals surface area contributed by atoms with Crippen LogP contribution in [-0.2, 0) is 4.74 Å². The minimum Gasteiger partial charge on any atom is -0.461 e. The Kier molecular flexibility index (Phi) is 3.36. The smallest absolute Gasteiger partial charge is 0.454 e. The number of carbonyl (C=O) groups excluding carboxylic acids is 2. The zero-order chi connectivity index (χ0) is 12.3. The predicted octanol–water partition coefficient (Wildman–Crippen LogP) is 1.94. The first-order chi connectivity index (χ1) is 7.38. The Morgan fingerprint density at radius 3 is 2.56 bits per heavy atom. The number of Topliss-reactive ketones (excluding diaryl/α,β-unsaturated/α-hetero) is 1. The molecule has 1 rings (SSSR count). The molecule has 0 spiro atoms. The Hall–Kier alpha value is -1.79. The summed E-state index contributed by atoms with van der Waals surface area (Å²) in [6.45, 7) is 1.52. The molecule has 7 heteroatoms. The zero-order valence-electron chi connectivity index (χ0n) is 8.22. The van der Waals surface area contributed by atoms with Crippen LogP contribution in [0.15, 0.2) is 12.3 Å². The van der Waals surface area contributed by atoms with Crippen LogP contribution in [0.5, 0.6) is 0 Å². The minimum atomic E-state index is -5.01. The van der Waals surface area contributed by atoms with Crippen LogP contribution in [0.4, 0.5) is 13.2 Å². The third kappa shape index (κ3) is 2.41. The van der Waals surface area contributed by atoms with Crippen molar-refractivity contribution >= 4 is 11.8 Å². The van der Waals surface area contributed by atoms with Crippen LogP contribution in [0.1, 0.15) is 27.8 Å². The number of H-pyrrole nitrogens is 1. The molecule has 1 N–H and O–H groups in total. The number of aromatic amines is 1. The van der Waals surface area contributed by atoms with Crippen molar-refractivity contribution in [2.45, 2.75) is 13.1 Å². The molecule has 1 heterocycles. The summed E-state index contributed by atoms with van der Waals surface area (Å²) >= 11 is 0. The van der Waals surface area contributed by atoms with Crippen molar-refractivity contribution in [3.8, 4) is 0 Å². The molecule has 1 aromatic rings. The van der Waals surface area contributed by atoms with Crippen LogP contribution in [-0.4, -0.2) is 29.5 Å². The highest BCUT2D eigenvalue weighted by molar-refractivity contribution is 6.07. The summed E-state index contributed by atoms with van der Waals surface area (Å²) in [5.74, 6) is -3.06. The number of hydrogen-bond donors (Lipinski definition) is 1. The molecule has 0 aliphatic carbocycles. The Morgan fingerprint density at radius 1 is 1.44 bits per heavy atom. The number of ether oxygens (including phenoxy) is 1. The Labute approximate surface area is 88.4 Å². The van der Waals surface area contributed by atoms with E-state index in [1.165, 1.54) is 6.92 Å². The molecule has 88 valence electrons. The van der Waals surface area contributed by atoms with Crippen LogP contribution in [0, 0.1) is 0 Å². The van der Waals surface area contributed by atoms with Crippen molar-refractivity contribution in [3.63, 3.8) is 0 Å². The molecule has 0 aliphatic heterocycles. The second kappa shape index (κ2) is 4.38. The van der Waals surface area contributed by atoms with E-state index in [1.807, 2.05) is 0 Å². The second-order valence-electron chi connectivity index (χ2n) is 2.81. The lowest BCUT2D eigenvalue weighted by Crippen LogP contribution is -2.24. The predicted molar refractivity (Wildman–Crippen MR) is 47.1 cm³/mol. The van der Waals surface area contributed by atoms with Gasteiger partial charge >= 0.3 is 12.1 Å². The molecule has 0 atom stereocenters. The topological polar surface area (TPSA) is 59.2 Å². The highest BCUT2D eigenvalue weighted by atomic mass is 19.4. The lowest BCUT2D eigenvalue weighted by atomic mass is 10.1. The minimum absolute atomic E-state index is 0.0114. The van der Waals surface area contributed by atoms with Gasteiger partial charge in [-0.25, -0.2) is 4.79 Å². The summed E-state index contributed by atoms with van der Waals surface area (Å²) in [6, 6.07) is 0.891. The van der Waals surface area contributed by atoms with E-state index in [1.54, 1.807) is 0 Å². The van der Waals surface area contributed by atoms with E-state index in [9.17, 15) is 22.8 Å². The van der Waals surface area contributed by atoms with E-state index in [-0.39, 0.29) is 6.61 Å². The van der Waals surface area contributed by atoms with Gasteiger partial charge in [-0.2, -0.15) is 13.2 Å². The molecule has 0 radical (unpaired) electrons. The molecule has 0 saturated heterocycles. The van der Waals surface area contributed by atoms with Crippen LogP contribution in [0.2, 0.25) is 0 Å². The summed E-state index contributed by atoms with van der Waals surface area (Å²) in [5.41, 5.74) is -1.21. The molecule has 4 nitrogen and oxygen atoms in total. The number of hydrogen-bond acceptors (Lipinski definition) is 3. The summed E-state index contributed by atoms with van der Waals surface area (Å²) < 4.78 is 40.9. The fourth-order valence-corrected chi connectivity index (χ4v) is 1.08. The van der Waals surface area contributed by atoms with Gasteiger partial charge in [-0.3, -0.25) is 4.79 Å². The number of esters is 1. The largest absolute Gasteiger partial charge is 0.461 e. The van der Waals surface area contributed by atoms with Gasteiger partial charge in [0.15, 0.2) is 0 Å². The van der Waals surface area contributed by atoms with Crippen molar-refractivity contribution in [2.75, 3.05) is 6.61 Å².